The predicted octanol–water partition coefficient (Wildman–Crippen LogP) is 2.38. The number of rotatable bonds is 5. The zero-order valence-corrected chi connectivity index (χ0v) is 16.4. The van der Waals surface area contributed by atoms with E-state index in [1.54, 1.807) is 6.20 Å². The van der Waals surface area contributed by atoms with E-state index in [2.05, 4.69) is 34.0 Å². The molecule has 0 aromatic carbocycles. The van der Waals surface area contributed by atoms with Crippen molar-refractivity contribution in [2.45, 2.75) is 33.1 Å². The van der Waals surface area contributed by atoms with Crippen molar-refractivity contribution in [3.8, 4) is 0 Å². The molecule has 144 valence electrons. The number of carbonyl (C=O) groups is 1. The van der Waals surface area contributed by atoms with Gasteiger partial charge in [0, 0.05) is 68.7 Å². The molecule has 1 N–H and O–H groups in total. The average Bonchev–Trinajstić information content (AvgIpc) is 2.68. The minimum absolute atomic E-state index is 0.00711. The first-order chi connectivity index (χ1) is 13.0. The Morgan fingerprint density at radius 1 is 1.19 bits per heavy atom. The van der Waals surface area contributed by atoms with Crippen LogP contribution in [0.15, 0.2) is 30.5 Å². The minimum Gasteiger partial charge on any atom is -0.353 e. The fraction of sp³-hybridized carbons (Fsp3) is 0.500. The molecule has 2 aromatic heterocycles. The summed E-state index contributed by atoms with van der Waals surface area (Å²) in [7, 11) is 0. The lowest BCUT2D eigenvalue weighted by molar-refractivity contribution is 0.194. The Labute approximate surface area is 160 Å². The van der Waals surface area contributed by atoms with E-state index in [0.717, 1.165) is 42.5 Å². The van der Waals surface area contributed by atoms with Crippen LogP contribution in [0.2, 0.25) is 0 Å². The molecular weight excluding hydrogens is 340 g/mol. The molecule has 3 heterocycles. The van der Waals surface area contributed by atoms with E-state index in [-0.39, 0.29) is 6.03 Å². The molecule has 7 heteroatoms. The summed E-state index contributed by atoms with van der Waals surface area (Å²) >= 11 is 0. The van der Waals surface area contributed by atoms with Gasteiger partial charge >= 0.3 is 6.03 Å². The van der Waals surface area contributed by atoms with E-state index in [9.17, 15) is 4.79 Å². The minimum atomic E-state index is -0.00711. The van der Waals surface area contributed by atoms with Crippen molar-refractivity contribution in [2.75, 3.05) is 37.6 Å². The Hall–Kier alpha value is -2.70. The molecule has 0 saturated carbocycles. The van der Waals surface area contributed by atoms with Gasteiger partial charge in [0.1, 0.15) is 11.6 Å². The number of nitrogens with zero attached hydrogens (tertiary/aromatic N) is 5. The smallest absolute Gasteiger partial charge is 0.317 e. The lowest BCUT2D eigenvalue weighted by atomic mass is 10.2. The van der Waals surface area contributed by atoms with Gasteiger partial charge in [0.25, 0.3) is 0 Å². The van der Waals surface area contributed by atoms with Gasteiger partial charge in [-0.1, -0.05) is 19.9 Å². The third-order valence-corrected chi connectivity index (χ3v) is 4.65. The quantitative estimate of drug-likeness (QED) is 0.877. The van der Waals surface area contributed by atoms with E-state index in [4.69, 9.17) is 4.98 Å². The first-order valence-corrected chi connectivity index (χ1v) is 9.56. The molecule has 0 aliphatic carbocycles. The molecule has 0 atom stereocenters. The van der Waals surface area contributed by atoms with Gasteiger partial charge in [0.2, 0.25) is 0 Å². The van der Waals surface area contributed by atoms with Crippen LogP contribution in [0.25, 0.3) is 0 Å². The molecule has 1 saturated heterocycles. The highest BCUT2D eigenvalue weighted by atomic mass is 16.2. The van der Waals surface area contributed by atoms with Gasteiger partial charge in [-0.3, -0.25) is 4.98 Å². The Kier molecular flexibility index (Phi) is 6.21. The number of anilines is 1. The number of piperazine rings is 1. The topological polar surface area (TPSA) is 74.2 Å². The SMILES string of the molecule is Cc1cc(N2CCN(C(=O)NCCc3ccccn3)CC2)nc(C(C)C)n1. The molecule has 0 spiro atoms. The van der Waals surface area contributed by atoms with Crippen molar-refractivity contribution >= 4 is 11.8 Å². The summed E-state index contributed by atoms with van der Waals surface area (Å²) < 4.78 is 0. The number of aryl methyl sites for hydroxylation is 1. The molecule has 0 radical (unpaired) electrons. The molecular formula is C20H28N6O. The molecule has 1 fully saturated rings. The maximum absolute atomic E-state index is 12.4. The Balaban J connectivity index is 1.49. The van der Waals surface area contributed by atoms with Crippen LogP contribution in [-0.4, -0.2) is 58.6 Å². The largest absolute Gasteiger partial charge is 0.353 e. The summed E-state index contributed by atoms with van der Waals surface area (Å²) in [5, 5.41) is 2.99. The second kappa shape index (κ2) is 8.79. The van der Waals surface area contributed by atoms with Gasteiger partial charge in [-0.05, 0) is 19.1 Å². The number of carbonyl (C=O) groups excluding carboxylic acids is 1. The van der Waals surface area contributed by atoms with Crippen molar-refractivity contribution in [1.29, 1.82) is 0 Å². The Morgan fingerprint density at radius 3 is 2.63 bits per heavy atom. The van der Waals surface area contributed by atoms with Crippen molar-refractivity contribution in [3.63, 3.8) is 0 Å². The second-order valence-electron chi connectivity index (χ2n) is 7.16. The summed E-state index contributed by atoms with van der Waals surface area (Å²) in [6, 6.07) is 7.84. The van der Waals surface area contributed by atoms with Gasteiger partial charge in [0.15, 0.2) is 0 Å². The lowest BCUT2D eigenvalue weighted by Gasteiger charge is -2.35. The molecule has 0 bridgehead atoms. The standard InChI is InChI=1S/C20H28N6O/c1-15(2)19-23-16(3)14-18(24-19)25-10-12-26(13-11-25)20(27)22-9-7-17-6-4-5-8-21-17/h4-6,8,14-15H,7,9-13H2,1-3H3,(H,22,27). The van der Waals surface area contributed by atoms with Crippen LogP contribution < -0.4 is 10.2 Å². The van der Waals surface area contributed by atoms with Crippen molar-refractivity contribution < 1.29 is 4.79 Å². The van der Waals surface area contributed by atoms with E-state index in [1.807, 2.05) is 36.1 Å². The molecule has 2 aromatic rings. The average molecular weight is 368 g/mol. The van der Waals surface area contributed by atoms with E-state index in [1.165, 1.54) is 0 Å². The summed E-state index contributed by atoms with van der Waals surface area (Å²) in [6.45, 7) is 9.74. The van der Waals surface area contributed by atoms with Crippen LogP contribution in [0.5, 0.6) is 0 Å². The number of hydrogen-bond acceptors (Lipinski definition) is 5. The Morgan fingerprint density at radius 2 is 1.96 bits per heavy atom. The van der Waals surface area contributed by atoms with E-state index >= 15 is 0 Å². The van der Waals surface area contributed by atoms with Crippen LogP contribution in [0, 0.1) is 6.92 Å². The zero-order chi connectivity index (χ0) is 19.2. The molecule has 2 amide bonds. The fourth-order valence-electron chi connectivity index (χ4n) is 3.09. The van der Waals surface area contributed by atoms with Crippen molar-refractivity contribution in [3.05, 3.63) is 47.7 Å². The van der Waals surface area contributed by atoms with Gasteiger partial charge < -0.3 is 15.1 Å². The number of urea groups is 1. The van der Waals surface area contributed by atoms with Gasteiger partial charge in [-0.15, -0.1) is 0 Å². The van der Waals surface area contributed by atoms with E-state index in [0.29, 0.717) is 25.6 Å². The number of hydrogen-bond donors (Lipinski definition) is 1. The van der Waals surface area contributed by atoms with Crippen LogP contribution in [0.4, 0.5) is 10.6 Å². The van der Waals surface area contributed by atoms with Gasteiger partial charge in [0.05, 0.1) is 0 Å². The summed E-state index contributed by atoms with van der Waals surface area (Å²) in [5.74, 6) is 2.14. The highest BCUT2D eigenvalue weighted by molar-refractivity contribution is 5.74. The fourth-order valence-corrected chi connectivity index (χ4v) is 3.09. The molecule has 1 aliphatic heterocycles. The van der Waals surface area contributed by atoms with Gasteiger partial charge in [-0.25, -0.2) is 14.8 Å². The molecule has 3 rings (SSSR count). The second-order valence-corrected chi connectivity index (χ2v) is 7.16. The van der Waals surface area contributed by atoms with Crippen LogP contribution >= 0.6 is 0 Å². The normalized spacial score (nSPS) is 14.5. The lowest BCUT2D eigenvalue weighted by Crippen LogP contribution is -2.52. The molecule has 27 heavy (non-hydrogen) atoms. The zero-order valence-electron chi connectivity index (χ0n) is 16.4. The first-order valence-electron chi connectivity index (χ1n) is 9.56. The first kappa shape index (κ1) is 19.1. The summed E-state index contributed by atoms with van der Waals surface area (Å²) in [6.07, 6.45) is 2.51. The monoisotopic (exact) mass is 368 g/mol. The molecule has 0 unspecified atom stereocenters. The summed E-state index contributed by atoms with van der Waals surface area (Å²) in [5.41, 5.74) is 1.97. The van der Waals surface area contributed by atoms with Crippen LogP contribution in [-0.2, 0) is 6.42 Å². The summed E-state index contributed by atoms with van der Waals surface area (Å²) in [4.78, 5) is 30.0. The van der Waals surface area contributed by atoms with Crippen molar-refractivity contribution in [2.24, 2.45) is 0 Å². The van der Waals surface area contributed by atoms with Crippen LogP contribution in [0.3, 0.4) is 0 Å². The third kappa shape index (κ3) is 5.15. The number of pyridine rings is 1. The highest BCUT2D eigenvalue weighted by Crippen LogP contribution is 2.18. The highest BCUT2D eigenvalue weighted by Gasteiger charge is 2.22. The van der Waals surface area contributed by atoms with Gasteiger partial charge in [-0.2, -0.15) is 0 Å². The maximum atomic E-state index is 12.4. The number of aromatic nitrogens is 3. The van der Waals surface area contributed by atoms with Crippen LogP contribution in [0.1, 0.15) is 37.0 Å². The molecule has 1 aliphatic rings. The Bertz CT molecular complexity index is 756. The molecule has 7 nitrogen and oxygen atoms in total. The maximum Gasteiger partial charge on any atom is 0.317 e. The van der Waals surface area contributed by atoms with Crippen molar-refractivity contribution in [1.82, 2.24) is 25.2 Å². The number of nitrogens with one attached hydrogen (secondary N) is 1. The predicted molar refractivity (Wildman–Crippen MR) is 106 cm³/mol. The number of amides is 2. The third-order valence-electron chi connectivity index (χ3n) is 4.65. The van der Waals surface area contributed by atoms with E-state index < -0.39 is 0 Å².